The van der Waals surface area contributed by atoms with Crippen molar-refractivity contribution in [3.8, 4) is 6.07 Å². The predicted molar refractivity (Wildman–Crippen MR) is 94.5 cm³/mol. The average molecular weight is 335 g/mol. The largest absolute Gasteiger partial charge is 0.353 e. The van der Waals surface area contributed by atoms with E-state index in [1.165, 1.54) is 0 Å². The molecule has 0 aliphatic carbocycles. The van der Waals surface area contributed by atoms with E-state index in [0.717, 1.165) is 10.6 Å². The molecule has 120 valence electrons. The number of nitrogens with zero attached hydrogens (tertiary/aromatic N) is 3. The van der Waals surface area contributed by atoms with Crippen molar-refractivity contribution in [1.82, 2.24) is 9.47 Å². The van der Waals surface area contributed by atoms with E-state index in [-0.39, 0.29) is 5.91 Å². The smallest absolute Gasteiger partial charge is 0.254 e. The molecular formula is C19H17N3OS. The molecule has 0 bridgehead atoms. The Balaban J connectivity index is 1.89. The van der Waals surface area contributed by atoms with Crippen LogP contribution in [-0.2, 0) is 20.1 Å². The molecule has 0 atom stereocenters. The molecule has 1 aromatic carbocycles. The van der Waals surface area contributed by atoms with Crippen molar-refractivity contribution in [2.75, 3.05) is 0 Å². The van der Waals surface area contributed by atoms with Crippen molar-refractivity contribution in [2.24, 2.45) is 7.05 Å². The zero-order chi connectivity index (χ0) is 16.9. The maximum absolute atomic E-state index is 13.0. The van der Waals surface area contributed by atoms with Gasteiger partial charge in [-0.25, -0.2) is 0 Å². The molecule has 0 N–H and O–H groups in total. The van der Waals surface area contributed by atoms with Gasteiger partial charge in [0.2, 0.25) is 0 Å². The molecule has 0 fully saturated rings. The van der Waals surface area contributed by atoms with E-state index in [1.807, 2.05) is 52.4 Å². The molecule has 0 radical (unpaired) electrons. The predicted octanol–water partition coefficient (Wildman–Crippen LogP) is 3.80. The van der Waals surface area contributed by atoms with E-state index >= 15 is 0 Å². The standard InChI is InChI=1S/C19H17N3OS/c1-21-9-3-7-17(21)13-22(14-18-8-4-10-24-18)19(23)16-6-2-5-15(11-16)12-20/h2-11H,13-14H2,1H3. The van der Waals surface area contributed by atoms with Gasteiger partial charge in [-0.3, -0.25) is 4.79 Å². The summed E-state index contributed by atoms with van der Waals surface area (Å²) >= 11 is 1.64. The third-order valence-corrected chi connectivity index (χ3v) is 4.72. The molecule has 5 heteroatoms. The molecule has 3 rings (SSSR count). The lowest BCUT2D eigenvalue weighted by molar-refractivity contribution is 0.0728. The lowest BCUT2D eigenvalue weighted by Gasteiger charge is -2.23. The summed E-state index contributed by atoms with van der Waals surface area (Å²) in [6.45, 7) is 1.08. The van der Waals surface area contributed by atoms with Crippen LogP contribution in [0.5, 0.6) is 0 Å². The molecule has 1 amide bonds. The summed E-state index contributed by atoms with van der Waals surface area (Å²) < 4.78 is 2.01. The monoisotopic (exact) mass is 335 g/mol. The Morgan fingerprint density at radius 1 is 1.21 bits per heavy atom. The van der Waals surface area contributed by atoms with Crippen LogP contribution in [0, 0.1) is 11.3 Å². The number of thiophene rings is 1. The van der Waals surface area contributed by atoms with E-state index in [0.29, 0.717) is 24.2 Å². The van der Waals surface area contributed by atoms with Crippen LogP contribution >= 0.6 is 11.3 Å². The number of hydrogen-bond donors (Lipinski definition) is 0. The van der Waals surface area contributed by atoms with Crippen LogP contribution in [-0.4, -0.2) is 15.4 Å². The van der Waals surface area contributed by atoms with Crippen molar-refractivity contribution in [3.63, 3.8) is 0 Å². The number of amides is 1. The van der Waals surface area contributed by atoms with Gasteiger partial charge in [0, 0.05) is 29.4 Å². The second-order valence-electron chi connectivity index (χ2n) is 5.54. The van der Waals surface area contributed by atoms with Crippen LogP contribution in [0.2, 0.25) is 0 Å². The highest BCUT2D eigenvalue weighted by Crippen LogP contribution is 2.18. The van der Waals surface area contributed by atoms with Crippen LogP contribution < -0.4 is 0 Å². The Hall–Kier alpha value is -2.84. The molecule has 0 saturated heterocycles. The summed E-state index contributed by atoms with van der Waals surface area (Å²) in [6.07, 6.45) is 1.97. The molecule has 2 heterocycles. The van der Waals surface area contributed by atoms with Crippen molar-refractivity contribution in [3.05, 3.63) is 81.8 Å². The molecule has 24 heavy (non-hydrogen) atoms. The van der Waals surface area contributed by atoms with Gasteiger partial charge in [-0.2, -0.15) is 5.26 Å². The topological polar surface area (TPSA) is 49.0 Å². The van der Waals surface area contributed by atoms with E-state index in [2.05, 4.69) is 6.07 Å². The van der Waals surface area contributed by atoms with E-state index in [4.69, 9.17) is 5.26 Å². The fraction of sp³-hybridized carbons (Fsp3) is 0.158. The van der Waals surface area contributed by atoms with Gasteiger partial charge in [0.1, 0.15) is 0 Å². The summed E-state index contributed by atoms with van der Waals surface area (Å²) in [6, 6.07) is 17.0. The number of aryl methyl sites for hydroxylation is 1. The highest BCUT2D eigenvalue weighted by Gasteiger charge is 2.18. The Labute approximate surface area is 145 Å². The lowest BCUT2D eigenvalue weighted by atomic mass is 10.1. The molecule has 0 unspecified atom stereocenters. The number of carbonyl (C=O) groups excluding carboxylic acids is 1. The minimum absolute atomic E-state index is 0.0679. The first-order valence-corrected chi connectivity index (χ1v) is 8.47. The molecule has 2 aromatic heterocycles. The van der Waals surface area contributed by atoms with Crippen LogP contribution in [0.25, 0.3) is 0 Å². The fourth-order valence-electron chi connectivity index (χ4n) is 2.55. The highest BCUT2D eigenvalue weighted by atomic mass is 32.1. The van der Waals surface area contributed by atoms with E-state index in [9.17, 15) is 4.79 Å². The van der Waals surface area contributed by atoms with Crippen LogP contribution in [0.1, 0.15) is 26.5 Å². The Kier molecular flexibility index (Phi) is 4.78. The molecule has 3 aromatic rings. The summed E-state index contributed by atoms with van der Waals surface area (Å²) in [5, 5.41) is 11.1. The summed E-state index contributed by atoms with van der Waals surface area (Å²) in [5.41, 5.74) is 2.10. The van der Waals surface area contributed by atoms with Crippen LogP contribution in [0.15, 0.2) is 60.1 Å². The summed E-state index contributed by atoms with van der Waals surface area (Å²) in [7, 11) is 1.97. The summed E-state index contributed by atoms with van der Waals surface area (Å²) in [5.74, 6) is -0.0679. The van der Waals surface area contributed by atoms with Gasteiger partial charge in [0.05, 0.1) is 24.7 Å². The first kappa shape index (κ1) is 16.0. The van der Waals surface area contributed by atoms with Crippen LogP contribution in [0.4, 0.5) is 0 Å². The lowest BCUT2D eigenvalue weighted by Crippen LogP contribution is -2.30. The van der Waals surface area contributed by atoms with Gasteiger partial charge in [-0.1, -0.05) is 12.1 Å². The Morgan fingerprint density at radius 3 is 2.75 bits per heavy atom. The molecular weight excluding hydrogens is 318 g/mol. The highest BCUT2D eigenvalue weighted by molar-refractivity contribution is 7.09. The second-order valence-corrected chi connectivity index (χ2v) is 6.58. The number of hydrogen-bond acceptors (Lipinski definition) is 3. The van der Waals surface area contributed by atoms with Gasteiger partial charge in [-0.05, 0) is 41.8 Å². The molecule has 0 aliphatic rings. The van der Waals surface area contributed by atoms with E-state index < -0.39 is 0 Å². The quantitative estimate of drug-likeness (QED) is 0.712. The zero-order valence-corrected chi connectivity index (χ0v) is 14.2. The maximum Gasteiger partial charge on any atom is 0.254 e. The second kappa shape index (κ2) is 7.16. The van der Waals surface area contributed by atoms with E-state index in [1.54, 1.807) is 35.6 Å². The van der Waals surface area contributed by atoms with Crippen molar-refractivity contribution >= 4 is 17.2 Å². The number of rotatable bonds is 5. The van der Waals surface area contributed by atoms with Gasteiger partial charge in [0.25, 0.3) is 5.91 Å². The van der Waals surface area contributed by atoms with Crippen molar-refractivity contribution < 1.29 is 4.79 Å². The SMILES string of the molecule is Cn1cccc1CN(Cc1cccs1)C(=O)c1cccc(C#N)c1. The van der Waals surface area contributed by atoms with Gasteiger partial charge in [-0.15, -0.1) is 11.3 Å². The van der Waals surface area contributed by atoms with Gasteiger partial charge in [0.15, 0.2) is 0 Å². The van der Waals surface area contributed by atoms with Crippen molar-refractivity contribution in [2.45, 2.75) is 13.1 Å². The minimum atomic E-state index is -0.0679. The third kappa shape index (κ3) is 3.55. The van der Waals surface area contributed by atoms with Gasteiger partial charge < -0.3 is 9.47 Å². The molecule has 0 spiro atoms. The van der Waals surface area contributed by atoms with Crippen LogP contribution in [0.3, 0.4) is 0 Å². The third-order valence-electron chi connectivity index (χ3n) is 3.86. The first-order chi connectivity index (χ1) is 11.7. The van der Waals surface area contributed by atoms with Crippen molar-refractivity contribution in [1.29, 1.82) is 5.26 Å². The minimum Gasteiger partial charge on any atom is -0.353 e. The zero-order valence-electron chi connectivity index (χ0n) is 13.3. The maximum atomic E-state index is 13.0. The number of carbonyl (C=O) groups is 1. The number of aromatic nitrogens is 1. The number of benzene rings is 1. The Morgan fingerprint density at radius 2 is 2.08 bits per heavy atom. The first-order valence-electron chi connectivity index (χ1n) is 7.59. The average Bonchev–Trinajstić information content (AvgIpc) is 3.26. The molecule has 0 saturated carbocycles. The molecule has 0 aliphatic heterocycles. The Bertz CT molecular complexity index is 874. The van der Waals surface area contributed by atoms with Gasteiger partial charge >= 0.3 is 0 Å². The normalized spacial score (nSPS) is 10.3. The molecule has 4 nitrogen and oxygen atoms in total. The fourth-order valence-corrected chi connectivity index (χ4v) is 3.27. The summed E-state index contributed by atoms with van der Waals surface area (Å²) in [4.78, 5) is 15.9. The number of nitriles is 1.